The molecule has 0 saturated heterocycles. The summed E-state index contributed by atoms with van der Waals surface area (Å²) in [7, 11) is 0. The normalized spacial score (nSPS) is 14.7. The quantitative estimate of drug-likeness (QED) is 0.0444. The van der Waals surface area contributed by atoms with E-state index in [0.29, 0.717) is 0 Å². The second kappa shape index (κ2) is 25.1. The molecule has 0 unspecified atom stereocenters. The van der Waals surface area contributed by atoms with Crippen LogP contribution < -0.4 is 16.4 Å². The summed E-state index contributed by atoms with van der Waals surface area (Å²) in [4.78, 5) is 57.8. The highest BCUT2D eigenvalue weighted by Gasteiger charge is 2.25. The Balaban J connectivity index is 5.38. The first-order chi connectivity index (χ1) is 20.5. The number of nitrogens with one attached hydrogen (secondary N) is 2. The van der Waals surface area contributed by atoms with Crippen molar-refractivity contribution in [1.82, 2.24) is 10.6 Å². The van der Waals surface area contributed by atoms with E-state index in [1.165, 1.54) is 19.3 Å². The second-order valence-electron chi connectivity index (χ2n) is 9.77. The molecule has 0 aliphatic heterocycles. The minimum atomic E-state index is -1.28. The van der Waals surface area contributed by atoms with E-state index in [4.69, 9.17) is 21.1 Å². The summed E-state index contributed by atoms with van der Waals surface area (Å²) < 4.78 is 0. The molecule has 0 aromatic rings. The fraction of sp³-hybridized carbons (Fsp3) is 0.567. The van der Waals surface area contributed by atoms with Crippen molar-refractivity contribution in [3.63, 3.8) is 0 Å². The number of carboxylic acid groups (broad SMARTS) is 3. The van der Waals surface area contributed by atoms with Crippen LogP contribution in [0.2, 0.25) is 0 Å². The van der Waals surface area contributed by atoms with Gasteiger partial charge in [-0.05, 0) is 38.5 Å². The number of carbonyl (C=O) groups is 5. The van der Waals surface area contributed by atoms with Gasteiger partial charge < -0.3 is 36.8 Å². The third-order valence-corrected chi connectivity index (χ3v) is 7.36. The average molecular weight is 626 g/mol. The largest absolute Gasteiger partial charge is 0.481 e. The van der Waals surface area contributed by atoms with Gasteiger partial charge in [0.25, 0.3) is 0 Å². The number of hydrogen-bond donors (Lipinski definition) is 7. The van der Waals surface area contributed by atoms with Crippen molar-refractivity contribution in [2.75, 3.05) is 12.3 Å². The molecule has 0 spiro atoms. The number of aliphatic hydroxyl groups excluding tert-OH is 1. The van der Waals surface area contributed by atoms with Crippen LogP contribution in [-0.2, 0) is 24.0 Å². The Morgan fingerprint density at radius 3 is 2.23 bits per heavy atom. The predicted octanol–water partition coefficient (Wildman–Crippen LogP) is 2.78. The first-order valence-electron chi connectivity index (χ1n) is 14.4. The molecule has 242 valence electrons. The van der Waals surface area contributed by atoms with E-state index in [1.807, 2.05) is 18.2 Å². The van der Waals surface area contributed by atoms with Gasteiger partial charge in [-0.3, -0.25) is 24.0 Å². The van der Waals surface area contributed by atoms with E-state index < -0.39 is 59.7 Å². The molecule has 0 saturated carbocycles. The maximum Gasteiger partial charge on any atom is 0.322 e. The Morgan fingerprint density at radius 2 is 1.58 bits per heavy atom. The molecule has 4 atom stereocenters. The van der Waals surface area contributed by atoms with Crippen LogP contribution in [0.25, 0.3) is 0 Å². The van der Waals surface area contributed by atoms with E-state index in [0.717, 1.165) is 24.6 Å². The van der Waals surface area contributed by atoms with Gasteiger partial charge in [0, 0.05) is 23.8 Å². The van der Waals surface area contributed by atoms with E-state index in [1.54, 1.807) is 18.2 Å². The van der Waals surface area contributed by atoms with Crippen molar-refractivity contribution < 1.29 is 44.4 Å². The number of unbranched alkanes of at least 4 members (excludes halogenated alkanes) is 3. The topological polar surface area (TPSA) is 216 Å². The smallest absolute Gasteiger partial charge is 0.322 e. The predicted molar refractivity (Wildman–Crippen MR) is 166 cm³/mol. The van der Waals surface area contributed by atoms with E-state index in [9.17, 15) is 29.1 Å². The van der Waals surface area contributed by atoms with Crippen molar-refractivity contribution >= 4 is 41.5 Å². The van der Waals surface area contributed by atoms with Crippen LogP contribution in [0.4, 0.5) is 0 Å². The van der Waals surface area contributed by atoms with Gasteiger partial charge in [-0.15, -0.1) is 11.8 Å². The number of carbonyl (C=O) groups excluding carboxylic acids is 2. The minimum absolute atomic E-state index is 0.0542. The number of carboxylic acids is 3. The van der Waals surface area contributed by atoms with Crippen LogP contribution in [0.5, 0.6) is 0 Å². The van der Waals surface area contributed by atoms with Crippen molar-refractivity contribution in [3.8, 4) is 0 Å². The van der Waals surface area contributed by atoms with E-state index >= 15 is 0 Å². The number of thioether (sulfide) groups is 1. The molecule has 0 bridgehead atoms. The maximum atomic E-state index is 12.6. The molecule has 2 amide bonds. The summed E-state index contributed by atoms with van der Waals surface area (Å²) in [5.41, 5.74) is 5.43. The van der Waals surface area contributed by atoms with Crippen LogP contribution in [0.3, 0.4) is 0 Å². The summed E-state index contributed by atoms with van der Waals surface area (Å²) in [5.74, 6) is -5.01. The Bertz CT molecular complexity index is 982. The molecular formula is C30H47N3O9S. The number of amides is 2. The van der Waals surface area contributed by atoms with E-state index in [-0.39, 0.29) is 37.9 Å². The number of hydrogen-bond acceptors (Lipinski definition) is 8. The summed E-state index contributed by atoms with van der Waals surface area (Å²) in [6.07, 6.45) is 19.5. The summed E-state index contributed by atoms with van der Waals surface area (Å²) in [6.45, 7) is 1.49. The highest BCUT2D eigenvalue weighted by Crippen LogP contribution is 2.22. The molecule has 0 radical (unpaired) electrons. The first kappa shape index (κ1) is 39.6. The van der Waals surface area contributed by atoms with Gasteiger partial charge in [0.1, 0.15) is 18.6 Å². The lowest BCUT2D eigenvalue weighted by Crippen LogP contribution is -2.50. The number of nitrogens with two attached hydrogens (primary N) is 1. The molecule has 0 aromatic carbocycles. The Hall–Kier alpha value is -3.42. The van der Waals surface area contributed by atoms with Gasteiger partial charge in [0.2, 0.25) is 11.8 Å². The van der Waals surface area contributed by atoms with Crippen LogP contribution in [0, 0.1) is 0 Å². The van der Waals surface area contributed by atoms with Gasteiger partial charge in [0.05, 0.1) is 6.10 Å². The molecule has 0 fully saturated rings. The number of aliphatic hydroxyl groups is 1. The van der Waals surface area contributed by atoms with Crippen molar-refractivity contribution in [1.29, 1.82) is 0 Å². The highest BCUT2D eigenvalue weighted by atomic mass is 32.2. The molecule has 0 aromatic heterocycles. The molecular weight excluding hydrogens is 578 g/mol. The van der Waals surface area contributed by atoms with Crippen LogP contribution in [-0.4, -0.2) is 85.9 Å². The Labute approximate surface area is 257 Å². The lowest BCUT2D eigenvalue weighted by atomic mass is 10.1. The summed E-state index contributed by atoms with van der Waals surface area (Å²) in [5, 5.41) is 41.6. The first-order valence-corrected chi connectivity index (χ1v) is 15.5. The minimum Gasteiger partial charge on any atom is -0.481 e. The zero-order valence-electron chi connectivity index (χ0n) is 24.7. The third kappa shape index (κ3) is 22.8. The van der Waals surface area contributed by atoms with E-state index in [2.05, 4.69) is 29.7 Å². The van der Waals surface area contributed by atoms with Crippen LogP contribution >= 0.6 is 11.8 Å². The molecule has 13 heteroatoms. The fourth-order valence-corrected chi connectivity index (χ4v) is 4.75. The standard InChI is InChI=1S/C30H47N3O9S/c1-2-3-4-5-6-7-8-9-10-11-12-13-16-25(24(34)15-14-17-27(36)37)43-21-23(29(40)32-20-28(38)39)33-26(35)19-18-22(31)30(41)42/h6-7,9-13,16,22-25,34H,2-5,8,14-15,17-21,31H2,1H3,(H,32,40)(H,33,35)(H,36,37)(H,38,39)(H,41,42)/b7-6+,10-9+,12-11+,16-13+/t22-,23-,24+,25-/m0/s1. The number of aliphatic carboxylic acids is 3. The van der Waals surface area contributed by atoms with Gasteiger partial charge in [0.15, 0.2) is 0 Å². The lowest BCUT2D eigenvalue weighted by Gasteiger charge is -2.23. The number of allylic oxidation sites excluding steroid dienone is 7. The SMILES string of the molecule is CCCCC/C=C/C/C=C/C=C/C=C/[C@H](SC[C@H](NC(=O)CC[C@H](N)C(=O)O)C(=O)NCC(=O)O)[C@H](O)CCCC(=O)O. The summed E-state index contributed by atoms with van der Waals surface area (Å²) >= 11 is 1.13. The molecule has 0 aliphatic carbocycles. The van der Waals surface area contributed by atoms with Crippen LogP contribution in [0.1, 0.15) is 71.1 Å². The highest BCUT2D eigenvalue weighted by molar-refractivity contribution is 8.00. The maximum absolute atomic E-state index is 12.6. The van der Waals surface area contributed by atoms with Crippen molar-refractivity contribution in [2.45, 2.75) is 94.6 Å². The Morgan fingerprint density at radius 1 is 0.860 bits per heavy atom. The van der Waals surface area contributed by atoms with Crippen LogP contribution in [0.15, 0.2) is 48.6 Å². The summed E-state index contributed by atoms with van der Waals surface area (Å²) in [6, 6.07) is -2.45. The zero-order valence-corrected chi connectivity index (χ0v) is 25.5. The van der Waals surface area contributed by atoms with Gasteiger partial charge >= 0.3 is 17.9 Å². The lowest BCUT2D eigenvalue weighted by molar-refractivity contribution is -0.139. The fourth-order valence-electron chi connectivity index (χ4n) is 3.54. The van der Waals surface area contributed by atoms with Gasteiger partial charge in [-0.25, -0.2) is 0 Å². The second-order valence-corrected chi connectivity index (χ2v) is 11.0. The Kier molecular flexibility index (Phi) is 23.1. The molecule has 0 aliphatic rings. The number of rotatable bonds is 25. The molecule has 12 nitrogen and oxygen atoms in total. The zero-order chi connectivity index (χ0) is 32.5. The molecule has 0 rings (SSSR count). The van der Waals surface area contributed by atoms with Crippen molar-refractivity contribution in [3.05, 3.63) is 48.6 Å². The van der Waals surface area contributed by atoms with Gasteiger partial charge in [-0.1, -0.05) is 68.4 Å². The monoisotopic (exact) mass is 625 g/mol. The molecule has 8 N–H and O–H groups in total. The van der Waals surface area contributed by atoms with Gasteiger partial charge in [-0.2, -0.15) is 0 Å². The average Bonchev–Trinajstić information content (AvgIpc) is 2.95. The molecule has 0 heterocycles. The van der Waals surface area contributed by atoms with Crippen molar-refractivity contribution in [2.24, 2.45) is 5.73 Å². The molecule has 43 heavy (non-hydrogen) atoms. The third-order valence-electron chi connectivity index (χ3n) is 5.97.